The molecular formula is C16H16N4O2. The number of amides is 1. The van der Waals surface area contributed by atoms with Gasteiger partial charge in [0.25, 0.3) is 5.91 Å². The normalized spacial score (nSPS) is 16.4. The molecule has 0 radical (unpaired) electrons. The van der Waals surface area contributed by atoms with E-state index in [0.717, 1.165) is 25.2 Å². The third-order valence-electron chi connectivity index (χ3n) is 3.65. The molecule has 6 nitrogen and oxygen atoms in total. The summed E-state index contributed by atoms with van der Waals surface area (Å²) in [5, 5.41) is 11.7. The smallest absolute Gasteiger partial charge is 0.258 e. The van der Waals surface area contributed by atoms with Crippen LogP contribution in [0, 0.1) is 11.3 Å². The quantitative estimate of drug-likeness (QED) is 0.921. The summed E-state index contributed by atoms with van der Waals surface area (Å²) in [7, 11) is 0. The highest BCUT2D eigenvalue weighted by molar-refractivity contribution is 5.77. The van der Waals surface area contributed by atoms with E-state index < -0.39 is 0 Å². The standard InChI is InChI=1S/C16H16N4O2/c17-9-12-1-4-14(5-2-12)22-11-16(21)19-13-3-6-15-18-7-8-20(15)10-13/h1-2,4-5,7-8,13H,3,6,10-11H2,(H,19,21). The summed E-state index contributed by atoms with van der Waals surface area (Å²) in [5.74, 6) is 1.51. The van der Waals surface area contributed by atoms with E-state index in [4.69, 9.17) is 10.00 Å². The molecule has 0 saturated heterocycles. The molecule has 6 heteroatoms. The van der Waals surface area contributed by atoms with Gasteiger partial charge in [0.05, 0.1) is 11.6 Å². The molecule has 0 spiro atoms. The van der Waals surface area contributed by atoms with Crippen LogP contribution >= 0.6 is 0 Å². The van der Waals surface area contributed by atoms with Crippen molar-refractivity contribution in [3.05, 3.63) is 48.0 Å². The van der Waals surface area contributed by atoms with Crippen molar-refractivity contribution in [1.82, 2.24) is 14.9 Å². The molecule has 1 atom stereocenters. The van der Waals surface area contributed by atoms with Gasteiger partial charge in [-0.3, -0.25) is 4.79 Å². The van der Waals surface area contributed by atoms with Crippen molar-refractivity contribution in [3.8, 4) is 11.8 Å². The largest absolute Gasteiger partial charge is 0.484 e. The van der Waals surface area contributed by atoms with E-state index in [1.54, 1.807) is 30.5 Å². The Bertz CT molecular complexity index is 700. The third kappa shape index (κ3) is 3.26. The van der Waals surface area contributed by atoms with Gasteiger partial charge in [0.1, 0.15) is 11.6 Å². The number of nitrogens with zero attached hydrogens (tertiary/aromatic N) is 3. The van der Waals surface area contributed by atoms with Crippen LogP contribution in [0.15, 0.2) is 36.7 Å². The number of rotatable bonds is 4. The predicted molar refractivity (Wildman–Crippen MR) is 79.1 cm³/mol. The SMILES string of the molecule is N#Cc1ccc(OCC(=O)NC2CCc3nccn3C2)cc1. The lowest BCUT2D eigenvalue weighted by Gasteiger charge is -2.24. The van der Waals surface area contributed by atoms with Gasteiger partial charge in [-0.2, -0.15) is 5.26 Å². The van der Waals surface area contributed by atoms with Crippen LogP contribution in [0.1, 0.15) is 17.8 Å². The number of nitrogens with one attached hydrogen (secondary N) is 1. The van der Waals surface area contributed by atoms with Crippen molar-refractivity contribution in [2.24, 2.45) is 0 Å². The van der Waals surface area contributed by atoms with E-state index in [1.807, 2.05) is 12.3 Å². The summed E-state index contributed by atoms with van der Waals surface area (Å²) >= 11 is 0. The fraction of sp³-hybridized carbons (Fsp3) is 0.312. The zero-order chi connectivity index (χ0) is 15.4. The van der Waals surface area contributed by atoms with Crippen molar-refractivity contribution < 1.29 is 9.53 Å². The zero-order valence-corrected chi connectivity index (χ0v) is 12.0. The van der Waals surface area contributed by atoms with E-state index in [-0.39, 0.29) is 18.6 Å². The molecule has 1 aromatic carbocycles. The number of aromatic nitrogens is 2. The number of fused-ring (bicyclic) bond motifs is 1. The van der Waals surface area contributed by atoms with Gasteiger partial charge in [-0.15, -0.1) is 0 Å². The highest BCUT2D eigenvalue weighted by Gasteiger charge is 2.20. The van der Waals surface area contributed by atoms with Crippen molar-refractivity contribution in [2.75, 3.05) is 6.61 Å². The van der Waals surface area contributed by atoms with Crippen molar-refractivity contribution >= 4 is 5.91 Å². The summed E-state index contributed by atoms with van der Waals surface area (Å²) in [5.41, 5.74) is 0.565. The number of hydrogen-bond donors (Lipinski definition) is 1. The Kier molecular flexibility index (Phi) is 4.05. The number of aryl methyl sites for hydroxylation is 1. The Morgan fingerprint density at radius 1 is 1.45 bits per heavy atom. The first-order chi connectivity index (χ1) is 10.7. The fourth-order valence-electron chi connectivity index (χ4n) is 2.53. The number of nitriles is 1. The average Bonchev–Trinajstić information content (AvgIpc) is 3.01. The van der Waals surface area contributed by atoms with E-state index >= 15 is 0 Å². The van der Waals surface area contributed by atoms with Gasteiger partial charge in [-0.1, -0.05) is 0 Å². The number of hydrogen-bond acceptors (Lipinski definition) is 4. The number of ether oxygens (including phenoxy) is 1. The highest BCUT2D eigenvalue weighted by Crippen LogP contribution is 2.14. The third-order valence-corrected chi connectivity index (χ3v) is 3.65. The molecule has 0 fully saturated rings. The van der Waals surface area contributed by atoms with Crippen molar-refractivity contribution in [2.45, 2.75) is 25.4 Å². The maximum absolute atomic E-state index is 11.9. The number of imidazole rings is 1. The molecule has 0 bridgehead atoms. The monoisotopic (exact) mass is 296 g/mol. The van der Waals surface area contributed by atoms with Crippen molar-refractivity contribution in [1.29, 1.82) is 5.26 Å². The Morgan fingerprint density at radius 3 is 3.05 bits per heavy atom. The predicted octanol–water partition coefficient (Wildman–Crippen LogP) is 1.26. The Morgan fingerprint density at radius 2 is 2.27 bits per heavy atom. The Balaban J connectivity index is 1.47. The van der Waals surface area contributed by atoms with Crippen LogP contribution in [-0.2, 0) is 17.8 Å². The zero-order valence-electron chi connectivity index (χ0n) is 12.0. The lowest BCUT2D eigenvalue weighted by atomic mass is 10.1. The summed E-state index contributed by atoms with van der Waals surface area (Å²) < 4.78 is 7.49. The van der Waals surface area contributed by atoms with Gasteiger partial charge in [0, 0.05) is 31.4 Å². The molecular weight excluding hydrogens is 280 g/mol. The van der Waals surface area contributed by atoms with Crippen LogP contribution in [0.2, 0.25) is 0 Å². The van der Waals surface area contributed by atoms with Gasteiger partial charge in [-0.25, -0.2) is 4.98 Å². The Hall–Kier alpha value is -2.81. The first-order valence-electron chi connectivity index (χ1n) is 7.17. The summed E-state index contributed by atoms with van der Waals surface area (Å²) in [6.07, 6.45) is 5.47. The van der Waals surface area contributed by atoms with Crippen molar-refractivity contribution in [3.63, 3.8) is 0 Å². The molecule has 1 aliphatic heterocycles. The molecule has 22 heavy (non-hydrogen) atoms. The molecule has 112 valence electrons. The average molecular weight is 296 g/mol. The van der Waals surface area contributed by atoms with Gasteiger partial charge >= 0.3 is 0 Å². The molecule has 3 rings (SSSR count). The molecule has 1 amide bonds. The Labute approximate surface area is 128 Å². The second-order valence-electron chi connectivity index (χ2n) is 5.22. The number of carbonyl (C=O) groups is 1. The minimum absolute atomic E-state index is 0.0286. The lowest BCUT2D eigenvalue weighted by molar-refractivity contribution is -0.124. The molecule has 2 aromatic rings. The van der Waals surface area contributed by atoms with Gasteiger partial charge < -0.3 is 14.6 Å². The molecule has 1 aromatic heterocycles. The van der Waals surface area contributed by atoms with Gasteiger partial charge in [0.2, 0.25) is 0 Å². The molecule has 0 aliphatic carbocycles. The summed E-state index contributed by atoms with van der Waals surface area (Å²) in [6, 6.07) is 8.84. The van der Waals surface area contributed by atoms with E-state index in [0.29, 0.717) is 11.3 Å². The van der Waals surface area contributed by atoms with Crippen LogP contribution in [0.5, 0.6) is 5.75 Å². The maximum atomic E-state index is 11.9. The number of benzene rings is 1. The first-order valence-corrected chi connectivity index (χ1v) is 7.17. The first kappa shape index (κ1) is 14.1. The molecule has 1 unspecified atom stereocenters. The second-order valence-corrected chi connectivity index (χ2v) is 5.22. The van der Waals surface area contributed by atoms with Crippen LogP contribution in [0.4, 0.5) is 0 Å². The fourth-order valence-corrected chi connectivity index (χ4v) is 2.53. The minimum Gasteiger partial charge on any atom is -0.484 e. The molecule has 0 saturated carbocycles. The highest BCUT2D eigenvalue weighted by atomic mass is 16.5. The minimum atomic E-state index is -0.141. The topological polar surface area (TPSA) is 79.9 Å². The van der Waals surface area contributed by atoms with E-state index in [9.17, 15) is 4.79 Å². The van der Waals surface area contributed by atoms with E-state index in [1.165, 1.54) is 0 Å². The molecule has 1 aliphatic rings. The van der Waals surface area contributed by atoms with Crippen LogP contribution in [-0.4, -0.2) is 28.1 Å². The number of carbonyl (C=O) groups excluding carboxylic acids is 1. The maximum Gasteiger partial charge on any atom is 0.258 e. The summed E-state index contributed by atoms with van der Waals surface area (Å²) in [4.78, 5) is 16.2. The summed E-state index contributed by atoms with van der Waals surface area (Å²) in [6.45, 7) is 0.719. The second kappa shape index (κ2) is 6.31. The van der Waals surface area contributed by atoms with Gasteiger partial charge in [0.15, 0.2) is 6.61 Å². The molecule has 2 heterocycles. The van der Waals surface area contributed by atoms with Crippen LogP contribution in [0.25, 0.3) is 0 Å². The van der Waals surface area contributed by atoms with Gasteiger partial charge in [-0.05, 0) is 30.7 Å². The molecule has 1 N–H and O–H groups in total. The van der Waals surface area contributed by atoms with Crippen LogP contribution < -0.4 is 10.1 Å². The van der Waals surface area contributed by atoms with Crippen LogP contribution in [0.3, 0.4) is 0 Å². The van der Waals surface area contributed by atoms with E-state index in [2.05, 4.69) is 14.9 Å². The lowest BCUT2D eigenvalue weighted by Crippen LogP contribution is -2.42.